The molecule has 14 nitrogen and oxygen atoms in total. The number of aromatic amines is 2. The van der Waals surface area contributed by atoms with Crippen molar-refractivity contribution in [2.24, 2.45) is 11.8 Å². The van der Waals surface area contributed by atoms with Crippen molar-refractivity contribution in [3.63, 3.8) is 0 Å². The van der Waals surface area contributed by atoms with E-state index in [0.717, 1.165) is 59.1 Å². The average molecular weight is 738 g/mol. The molecule has 0 spiro atoms. The summed E-state index contributed by atoms with van der Waals surface area (Å²) in [5.74, 6) is 7.12. The molecule has 2 aliphatic rings. The number of hydrogen-bond donors (Lipinski definition) is 3. The Kier molecular flexibility index (Phi) is 11.5. The zero-order valence-electron chi connectivity index (χ0n) is 31.5. The first-order valence-electron chi connectivity index (χ1n) is 18.3. The van der Waals surface area contributed by atoms with E-state index < -0.39 is 24.4 Å². The fourth-order valence-corrected chi connectivity index (χ4v) is 7.09. The molecule has 54 heavy (non-hydrogen) atoms. The standard InChI is InChI=1S/C40H47N7O7/c1-23(2)33(45-39(50)52-5)37(48)46-19-7-9-31(46)35-41-22-30(44-35)27-16-13-25(14-17-27)11-12-26-15-18-28-29(21-26)43-36(42-28)32-10-8-20-47(32)38(49)34(24(3)4)54-40(51)53-6/h13-18,21-24,31-34H,7-10,19-20H2,1-6H3,(H,41,44)(H,42,43)(H,45,50)/t31-,32-,33-,34-/m0/s1. The van der Waals surface area contributed by atoms with Gasteiger partial charge < -0.3 is 39.3 Å². The molecular weight excluding hydrogens is 690 g/mol. The number of methoxy groups -OCH3 is 2. The van der Waals surface area contributed by atoms with Crippen LogP contribution in [0.4, 0.5) is 9.59 Å². The maximum atomic E-state index is 13.5. The van der Waals surface area contributed by atoms with Gasteiger partial charge in [-0.25, -0.2) is 19.6 Å². The van der Waals surface area contributed by atoms with Gasteiger partial charge in [0.15, 0.2) is 6.10 Å². The van der Waals surface area contributed by atoms with E-state index in [4.69, 9.17) is 14.5 Å². The molecule has 284 valence electrons. The van der Waals surface area contributed by atoms with Gasteiger partial charge in [-0.3, -0.25) is 9.59 Å². The normalized spacial score (nSPS) is 18.0. The number of likely N-dealkylation sites (tertiary alicyclic amines) is 2. The van der Waals surface area contributed by atoms with Crippen LogP contribution in [0.1, 0.15) is 88.2 Å². The molecule has 14 heteroatoms. The highest BCUT2D eigenvalue weighted by atomic mass is 16.7. The molecule has 2 aliphatic heterocycles. The molecule has 2 saturated heterocycles. The van der Waals surface area contributed by atoms with Crippen LogP contribution in [-0.4, -0.2) is 93.3 Å². The first-order valence-corrected chi connectivity index (χ1v) is 18.3. The lowest BCUT2D eigenvalue weighted by Crippen LogP contribution is -2.51. The van der Waals surface area contributed by atoms with Crippen molar-refractivity contribution in [3.8, 4) is 23.1 Å². The SMILES string of the molecule is COC(=O)N[C@H](C(=O)N1CCC[C@H]1c1ncc(-c2ccc(C#Cc3ccc4nc([C@@H]5CCCN5C(=O)[C@@H](OC(=O)OC)C(C)C)[nH]c4c3)cc2)[nH]1)C(C)C. The van der Waals surface area contributed by atoms with E-state index in [1.54, 1.807) is 16.0 Å². The lowest BCUT2D eigenvalue weighted by atomic mass is 10.0. The molecule has 4 heterocycles. The van der Waals surface area contributed by atoms with Crippen molar-refractivity contribution in [1.29, 1.82) is 0 Å². The highest BCUT2D eigenvalue weighted by Gasteiger charge is 2.39. The van der Waals surface area contributed by atoms with Gasteiger partial charge in [-0.05, 0) is 73.4 Å². The van der Waals surface area contributed by atoms with E-state index in [-0.39, 0.29) is 35.7 Å². The van der Waals surface area contributed by atoms with E-state index in [1.165, 1.54) is 14.2 Å². The van der Waals surface area contributed by atoms with Gasteiger partial charge in [-0.15, -0.1) is 0 Å². The van der Waals surface area contributed by atoms with Crippen molar-refractivity contribution in [2.75, 3.05) is 27.3 Å². The maximum Gasteiger partial charge on any atom is 0.508 e. The highest BCUT2D eigenvalue weighted by molar-refractivity contribution is 5.86. The van der Waals surface area contributed by atoms with Crippen LogP contribution in [0.2, 0.25) is 0 Å². The largest absolute Gasteiger partial charge is 0.508 e. The zero-order chi connectivity index (χ0) is 38.5. The summed E-state index contributed by atoms with van der Waals surface area (Å²) in [5.41, 5.74) is 4.99. The number of carbonyl (C=O) groups excluding carboxylic acids is 4. The van der Waals surface area contributed by atoms with Crippen LogP contribution in [0.5, 0.6) is 0 Å². The van der Waals surface area contributed by atoms with Crippen LogP contribution in [0, 0.1) is 23.7 Å². The third-order valence-corrected chi connectivity index (χ3v) is 9.98. The predicted octanol–water partition coefficient (Wildman–Crippen LogP) is 5.87. The molecule has 0 unspecified atom stereocenters. The summed E-state index contributed by atoms with van der Waals surface area (Å²) in [7, 11) is 2.50. The number of imidazole rings is 2. The number of rotatable bonds is 9. The third-order valence-electron chi connectivity index (χ3n) is 9.98. The Balaban J connectivity index is 1.12. The molecule has 6 rings (SSSR count). The highest BCUT2D eigenvalue weighted by Crippen LogP contribution is 2.34. The van der Waals surface area contributed by atoms with Crippen molar-refractivity contribution in [1.82, 2.24) is 35.1 Å². The van der Waals surface area contributed by atoms with Gasteiger partial charge in [0.25, 0.3) is 5.91 Å². The van der Waals surface area contributed by atoms with Crippen LogP contribution >= 0.6 is 0 Å². The van der Waals surface area contributed by atoms with Crippen molar-refractivity contribution < 1.29 is 33.4 Å². The lowest BCUT2D eigenvalue weighted by molar-refractivity contribution is -0.145. The number of nitrogens with zero attached hydrogens (tertiary/aromatic N) is 4. The van der Waals surface area contributed by atoms with Gasteiger partial charge in [0, 0.05) is 24.2 Å². The second-order valence-electron chi connectivity index (χ2n) is 14.3. The molecular formula is C40H47N7O7. The minimum atomic E-state index is -0.947. The van der Waals surface area contributed by atoms with Gasteiger partial charge in [-0.1, -0.05) is 51.7 Å². The Morgan fingerprint density at radius 1 is 0.815 bits per heavy atom. The number of carbonyl (C=O) groups is 4. The number of fused-ring (bicyclic) bond motifs is 1. The van der Waals surface area contributed by atoms with Gasteiger partial charge in [0.1, 0.15) is 17.7 Å². The predicted molar refractivity (Wildman–Crippen MR) is 200 cm³/mol. The smallest absolute Gasteiger partial charge is 0.453 e. The number of amides is 3. The lowest BCUT2D eigenvalue weighted by Gasteiger charge is -2.30. The van der Waals surface area contributed by atoms with Crippen LogP contribution in [-0.2, 0) is 23.8 Å². The monoisotopic (exact) mass is 737 g/mol. The second-order valence-corrected chi connectivity index (χ2v) is 14.3. The molecule has 0 bridgehead atoms. The minimum Gasteiger partial charge on any atom is -0.453 e. The number of aromatic nitrogens is 4. The Bertz CT molecular complexity index is 2060. The molecule has 3 amide bonds. The molecule has 0 aliphatic carbocycles. The molecule has 0 saturated carbocycles. The number of alkyl carbamates (subject to hydrolysis) is 1. The summed E-state index contributed by atoms with van der Waals surface area (Å²) in [6.45, 7) is 8.58. The van der Waals surface area contributed by atoms with Crippen molar-refractivity contribution in [3.05, 3.63) is 71.4 Å². The maximum absolute atomic E-state index is 13.5. The van der Waals surface area contributed by atoms with E-state index >= 15 is 0 Å². The summed E-state index contributed by atoms with van der Waals surface area (Å²) in [4.78, 5) is 70.5. The number of H-pyrrole nitrogens is 2. The van der Waals surface area contributed by atoms with E-state index in [9.17, 15) is 19.2 Å². The van der Waals surface area contributed by atoms with Crippen LogP contribution in [0.25, 0.3) is 22.3 Å². The molecule has 2 fully saturated rings. The number of benzene rings is 2. The second kappa shape index (κ2) is 16.4. The minimum absolute atomic E-state index is 0.111. The summed E-state index contributed by atoms with van der Waals surface area (Å²) >= 11 is 0. The molecule has 2 aromatic heterocycles. The number of ether oxygens (including phenoxy) is 3. The number of nitrogens with one attached hydrogen (secondary N) is 3. The molecule has 3 N–H and O–H groups in total. The average Bonchev–Trinajstić information content (AvgIpc) is 4.00. The Labute approximate surface area is 314 Å². The zero-order valence-corrected chi connectivity index (χ0v) is 31.5. The number of hydrogen-bond acceptors (Lipinski definition) is 9. The van der Waals surface area contributed by atoms with E-state index in [1.807, 2.05) is 70.2 Å². The molecule has 4 aromatic rings. The summed E-state index contributed by atoms with van der Waals surface area (Å²) in [6.07, 6.45) is 2.48. The summed E-state index contributed by atoms with van der Waals surface area (Å²) in [6, 6.07) is 12.5. The topological polar surface area (TPSA) is 172 Å². The van der Waals surface area contributed by atoms with Gasteiger partial charge >= 0.3 is 12.2 Å². The quantitative estimate of drug-likeness (QED) is 0.140. The van der Waals surface area contributed by atoms with Crippen molar-refractivity contribution in [2.45, 2.75) is 77.6 Å². The first-order chi connectivity index (χ1) is 26.0. The van der Waals surface area contributed by atoms with Crippen LogP contribution < -0.4 is 5.32 Å². The summed E-state index contributed by atoms with van der Waals surface area (Å²) in [5, 5.41) is 2.68. The molecule has 4 atom stereocenters. The van der Waals surface area contributed by atoms with Gasteiger partial charge in [-0.2, -0.15) is 0 Å². The van der Waals surface area contributed by atoms with Crippen LogP contribution in [0.15, 0.2) is 48.7 Å². The van der Waals surface area contributed by atoms with E-state index in [0.29, 0.717) is 24.7 Å². The molecule has 0 radical (unpaired) electrons. The summed E-state index contributed by atoms with van der Waals surface area (Å²) < 4.78 is 14.7. The van der Waals surface area contributed by atoms with Gasteiger partial charge in [0.2, 0.25) is 5.91 Å². The fourth-order valence-electron chi connectivity index (χ4n) is 7.09. The third kappa shape index (κ3) is 8.20. The Morgan fingerprint density at radius 3 is 2.11 bits per heavy atom. The van der Waals surface area contributed by atoms with Crippen LogP contribution in [0.3, 0.4) is 0 Å². The van der Waals surface area contributed by atoms with Crippen molar-refractivity contribution >= 4 is 35.1 Å². The fraction of sp³-hybridized carbons (Fsp3) is 0.450. The van der Waals surface area contributed by atoms with E-state index in [2.05, 4.69) is 36.8 Å². The first kappa shape index (κ1) is 37.9. The Morgan fingerprint density at radius 2 is 1.46 bits per heavy atom. The molecule has 2 aromatic carbocycles. The van der Waals surface area contributed by atoms with Gasteiger partial charge in [0.05, 0.1) is 49.2 Å². The Hall–Kier alpha value is -5.84.